The van der Waals surface area contributed by atoms with Gasteiger partial charge in [0.05, 0.1) is 23.5 Å². The maximum Gasteiger partial charge on any atom is 0.406 e. The number of benzene rings is 1. The monoisotopic (exact) mass is 542 g/mol. The fraction of sp³-hybridized carbons (Fsp3) is 0.462. The molecule has 0 unspecified atom stereocenters. The summed E-state index contributed by atoms with van der Waals surface area (Å²) in [5, 5.41) is 18.4. The van der Waals surface area contributed by atoms with Crippen molar-refractivity contribution in [3.8, 4) is 11.8 Å². The molecule has 0 saturated carbocycles. The van der Waals surface area contributed by atoms with E-state index in [1.807, 2.05) is 23.6 Å². The molecular weight excluding hydrogens is 517 g/mol. The number of alkyl halides is 3. The maximum absolute atomic E-state index is 14.0. The van der Waals surface area contributed by atoms with E-state index in [0.717, 1.165) is 37.7 Å². The average molecular weight is 543 g/mol. The molecule has 5 heterocycles. The lowest BCUT2D eigenvalue weighted by Crippen LogP contribution is -2.73. The van der Waals surface area contributed by atoms with Crippen LogP contribution in [0.1, 0.15) is 36.5 Å². The summed E-state index contributed by atoms with van der Waals surface area (Å²) in [7, 11) is 0. The summed E-state index contributed by atoms with van der Waals surface area (Å²) in [6, 6.07) is 11.1. The molecule has 2 aromatic heterocycles. The van der Waals surface area contributed by atoms with Crippen molar-refractivity contribution in [2.75, 3.05) is 36.0 Å². The summed E-state index contributed by atoms with van der Waals surface area (Å²) in [5.74, 6) is 1.96. The van der Waals surface area contributed by atoms with Crippen LogP contribution in [0.3, 0.4) is 0 Å². The number of nitriles is 1. The highest BCUT2D eigenvalue weighted by molar-refractivity contribution is 6.30. The highest BCUT2D eigenvalue weighted by Gasteiger charge is 2.54. The van der Waals surface area contributed by atoms with Gasteiger partial charge in [-0.2, -0.15) is 18.4 Å². The zero-order chi connectivity index (χ0) is 27.0. The van der Waals surface area contributed by atoms with Crippen LogP contribution in [0.15, 0.2) is 30.3 Å². The third-order valence-electron chi connectivity index (χ3n) is 8.08. The molecule has 0 bridgehead atoms. The van der Waals surface area contributed by atoms with Gasteiger partial charge in [-0.25, -0.2) is 4.98 Å². The van der Waals surface area contributed by atoms with Crippen molar-refractivity contribution < 1.29 is 13.2 Å². The van der Waals surface area contributed by atoms with Crippen LogP contribution in [0.25, 0.3) is 5.69 Å². The topological polar surface area (TPSA) is 77.1 Å². The number of anilines is 2. The van der Waals surface area contributed by atoms with Crippen LogP contribution in [0.5, 0.6) is 0 Å². The number of hydrogen-bond donors (Lipinski definition) is 0. The summed E-state index contributed by atoms with van der Waals surface area (Å²) in [5.41, 5.74) is 0.759. The van der Waals surface area contributed by atoms with E-state index in [9.17, 15) is 13.2 Å². The number of pyridine rings is 1. The lowest BCUT2D eigenvalue weighted by atomic mass is 9.73. The Balaban J connectivity index is 1.25. The number of aromatic nitrogens is 4. The van der Waals surface area contributed by atoms with E-state index in [2.05, 4.69) is 31.1 Å². The summed E-state index contributed by atoms with van der Waals surface area (Å²) >= 11 is 6.26. The van der Waals surface area contributed by atoms with Crippen LogP contribution in [0.4, 0.5) is 24.9 Å². The Morgan fingerprint density at radius 1 is 1.00 bits per heavy atom. The minimum Gasteiger partial charge on any atom is -0.355 e. The molecular formula is C26H26ClF3N8. The fourth-order valence-electron chi connectivity index (χ4n) is 5.64. The van der Waals surface area contributed by atoms with E-state index in [1.165, 1.54) is 18.7 Å². The number of rotatable bonds is 3. The molecule has 0 amide bonds. The lowest BCUT2D eigenvalue weighted by molar-refractivity contribution is -0.224. The molecule has 0 atom stereocenters. The van der Waals surface area contributed by atoms with Gasteiger partial charge in [0.15, 0.2) is 5.82 Å². The van der Waals surface area contributed by atoms with E-state index in [4.69, 9.17) is 16.9 Å². The van der Waals surface area contributed by atoms with Crippen LogP contribution >= 0.6 is 11.6 Å². The molecule has 0 N–H and O–H groups in total. The fourth-order valence-corrected chi connectivity index (χ4v) is 5.83. The number of aryl methyl sites for hydroxylation is 1. The van der Waals surface area contributed by atoms with Crippen LogP contribution in [0, 0.1) is 23.7 Å². The standard InChI is InChI=1S/C26H26ClF3N8/c1-16-17(9-31)4-7-21(32-16)35-12-25(13-35)14-36(15-25)23-34-33-22-11-37(24(2,3)26(28,29)30)10-18-8-19(27)5-6-20(18)38(22)23/h4-8H,10-15H2,1-3H3. The van der Waals surface area contributed by atoms with Gasteiger partial charge in [0, 0.05) is 43.2 Å². The van der Waals surface area contributed by atoms with Gasteiger partial charge in [-0.15, -0.1) is 10.2 Å². The van der Waals surface area contributed by atoms with Gasteiger partial charge < -0.3 is 9.80 Å². The smallest absolute Gasteiger partial charge is 0.355 e. The molecule has 38 heavy (non-hydrogen) atoms. The van der Waals surface area contributed by atoms with Crippen molar-refractivity contribution in [2.45, 2.75) is 45.6 Å². The van der Waals surface area contributed by atoms with E-state index in [-0.39, 0.29) is 18.5 Å². The quantitative estimate of drug-likeness (QED) is 0.483. The summed E-state index contributed by atoms with van der Waals surface area (Å²) in [4.78, 5) is 10.3. The van der Waals surface area contributed by atoms with Crippen LogP contribution < -0.4 is 9.80 Å². The number of nitrogens with zero attached hydrogens (tertiary/aromatic N) is 8. The SMILES string of the molecule is Cc1nc(N2CC3(C2)CN(c2nnc4n2-c2ccc(Cl)cc2CN(C(C)(C)C(F)(F)F)C4)C3)ccc1C#N. The predicted octanol–water partition coefficient (Wildman–Crippen LogP) is 4.48. The molecule has 0 radical (unpaired) electrons. The second kappa shape index (κ2) is 8.32. The molecule has 3 aliphatic rings. The first-order chi connectivity index (χ1) is 17.9. The first kappa shape index (κ1) is 24.9. The van der Waals surface area contributed by atoms with Gasteiger partial charge in [-0.1, -0.05) is 11.6 Å². The number of fused-ring (bicyclic) bond motifs is 3. The van der Waals surface area contributed by atoms with Crippen molar-refractivity contribution in [2.24, 2.45) is 5.41 Å². The van der Waals surface area contributed by atoms with Crippen molar-refractivity contribution >= 4 is 23.4 Å². The molecule has 12 heteroatoms. The maximum atomic E-state index is 14.0. The van der Waals surface area contributed by atoms with E-state index >= 15 is 0 Å². The minimum atomic E-state index is -4.42. The summed E-state index contributed by atoms with van der Waals surface area (Å²) in [6.45, 7) is 7.50. The second-order valence-electron chi connectivity index (χ2n) is 11.1. The molecule has 2 fully saturated rings. The van der Waals surface area contributed by atoms with Gasteiger partial charge in [0.1, 0.15) is 17.4 Å². The third-order valence-corrected chi connectivity index (χ3v) is 8.31. The summed E-state index contributed by atoms with van der Waals surface area (Å²) in [6.07, 6.45) is -4.42. The van der Waals surface area contributed by atoms with Crippen LogP contribution in [-0.2, 0) is 13.1 Å². The highest BCUT2D eigenvalue weighted by Crippen LogP contribution is 2.45. The molecule has 1 aromatic carbocycles. The normalized spacial score (nSPS) is 18.8. The Kier molecular flexibility index (Phi) is 5.46. The minimum absolute atomic E-state index is 0.00226. The van der Waals surface area contributed by atoms with E-state index in [0.29, 0.717) is 33.6 Å². The molecule has 198 valence electrons. The van der Waals surface area contributed by atoms with Crippen molar-refractivity contribution in [3.05, 3.63) is 58.0 Å². The first-order valence-electron chi connectivity index (χ1n) is 12.3. The van der Waals surface area contributed by atoms with Gasteiger partial charge in [-0.05, 0) is 56.7 Å². The second-order valence-corrected chi connectivity index (χ2v) is 11.5. The largest absolute Gasteiger partial charge is 0.406 e. The zero-order valence-electron chi connectivity index (χ0n) is 21.2. The van der Waals surface area contributed by atoms with Crippen molar-refractivity contribution in [3.63, 3.8) is 0 Å². The Morgan fingerprint density at radius 2 is 1.71 bits per heavy atom. The Bertz CT molecular complexity index is 1460. The molecule has 2 saturated heterocycles. The van der Waals surface area contributed by atoms with Gasteiger partial charge in [-0.3, -0.25) is 9.47 Å². The highest BCUT2D eigenvalue weighted by atomic mass is 35.5. The molecule has 3 aromatic rings. The lowest BCUT2D eigenvalue weighted by Gasteiger charge is -2.60. The van der Waals surface area contributed by atoms with Gasteiger partial charge >= 0.3 is 6.18 Å². The first-order valence-corrected chi connectivity index (χ1v) is 12.7. The zero-order valence-corrected chi connectivity index (χ0v) is 22.0. The van der Waals surface area contributed by atoms with Crippen LogP contribution in [-0.4, -0.2) is 62.5 Å². The van der Waals surface area contributed by atoms with E-state index in [1.54, 1.807) is 18.2 Å². The third kappa shape index (κ3) is 3.81. The average Bonchev–Trinajstić information content (AvgIpc) is 3.11. The van der Waals surface area contributed by atoms with Gasteiger partial charge in [0.25, 0.3) is 0 Å². The van der Waals surface area contributed by atoms with Crippen molar-refractivity contribution in [1.82, 2.24) is 24.6 Å². The molecule has 0 aliphatic carbocycles. The van der Waals surface area contributed by atoms with Crippen molar-refractivity contribution in [1.29, 1.82) is 5.26 Å². The Labute approximate surface area is 223 Å². The number of halogens is 4. The van der Waals surface area contributed by atoms with Gasteiger partial charge in [0.2, 0.25) is 5.95 Å². The van der Waals surface area contributed by atoms with Crippen LogP contribution in [0.2, 0.25) is 5.02 Å². The predicted molar refractivity (Wildman–Crippen MR) is 136 cm³/mol. The molecule has 6 rings (SSSR count). The number of hydrogen-bond acceptors (Lipinski definition) is 7. The molecule has 8 nitrogen and oxygen atoms in total. The molecule has 1 spiro atoms. The Morgan fingerprint density at radius 3 is 2.37 bits per heavy atom. The van der Waals surface area contributed by atoms with E-state index < -0.39 is 11.7 Å². The summed E-state index contributed by atoms with van der Waals surface area (Å²) < 4.78 is 43.8. The molecule has 3 aliphatic heterocycles. The Hall–Kier alpha value is -3.36.